The van der Waals surface area contributed by atoms with E-state index in [1.165, 1.54) is 11.6 Å². The molecule has 0 saturated carbocycles. The topological polar surface area (TPSA) is 128 Å². The van der Waals surface area contributed by atoms with E-state index < -0.39 is 11.2 Å². The molecule has 2 N–H and O–H groups in total. The van der Waals surface area contributed by atoms with Crippen molar-refractivity contribution >= 4 is 17.1 Å². The predicted molar refractivity (Wildman–Crippen MR) is 105 cm³/mol. The third kappa shape index (κ3) is 3.35. The summed E-state index contributed by atoms with van der Waals surface area (Å²) in [7, 11) is 2.96. The lowest BCUT2D eigenvalue weighted by atomic mass is 10.1. The Morgan fingerprint density at radius 2 is 1.93 bits per heavy atom. The molecule has 4 rings (SSSR count). The first-order chi connectivity index (χ1) is 14.0. The van der Waals surface area contributed by atoms with E-state index in [4.69, 9.17) is 4.52 Å². The molecule has 0 bridgehead atoms. The summed E-state index contributed by atoms with van der Waals surface area (Å²) in [5.74, 6) is 0.615. The van der Waals surface area contributed by atoms with Gasteiger partial charge in [0.25, 0.3) is 11.5 Å². The Morgan fingerprint density at radius 1 is 1.17 bits per heavy atom. The molecule has 0 unspecified atom stereocenters. The van der Waals surface area contributed by atoms with Crippen molar-refractivity contribution in [3.8, 4) is 11.3 Å². The molecule has 0 atom stereocenters. The first kappa shape index (κ1) is 18.4. The average molecular weight is 394 g/mol. The van der Waals surface area contributed by atoms with Crippen molar-refractivity contribution in [3.05, 3.63) is 68.8 Å². The molecular formula is C19H18N6O4. The minimum atomic E-state index is -0.450. The summed E-state index contributed by atoms with van der Waals surface area (Å²) >= 11 is 0. The van der Waals surface area contributed by atoms with E-state index in [0.29, 0.717) is 18.0 Å². The number of carbonyl (C=O) groups is 1. The lowest BCUT2D eigenvalue weighted by molar-refractivity contribution is 0.0945. The molecule has 0 radical (unpaired) electrons. The van der Waals surface area contributed by atoms with Crippen LogP contribution in [0.3, 0.4) is 0 Å². The largest absolute Gasteiger partial charge is 0.355 e. The number of carbonyl (C=O) groups excluding carboxylic acids is 1. The monoisotopic (exact) mass is 394 g/mol. The highest BCUT2D eigenvalue weighted by Crippen LogP contribution is 2.19. The summed E-state index contributed by atoms with van der Waals surface area (Å²) in [5, 5.41) is 6.54. The smallest absolute Gasteiger partial charge is 0.332 e. The van der Waals surface area contributed by atoms with Crippen LogP contribution in [0.5, 0.6) is 0 Å². The Morgan fingerprint density at radius 3 is 2.69 bits per heavy atom. The van der Waals surface area contributed by atoms with Gasteiger partial charge in [-0.1, -0.05) is 35.5 Å². The highest BCUT2D eigenvalue weighted by Gasteiger charge is 2.15. The number of fused-ring (bicyclic) bond motifs is 1. The Labute approximate surface area is 163 Å². The Hall–Kier alpha value is -3.95. The second kappa shape index (κ2) is 7.23. The second-order valence-electron chi connectivity index (χ2n) is 6.54. The summed E-state index contributed by atoms with van der Waals surface area (Å²) in [6, 6.07) is 10.9. The van der Waals surface area contributed by atoms with Gasteiger partial charge in [-0.05, 0) is 0 Å². The maximum Gasteiger partial charge on any atom is 0.332 e. The van der Waals surface area contributed by atoms with E-state index in [9.17, 15) is 14.4 Å². The number of aromatic nitrogens is 5. The molecule has 0 spiro atoms. The van der Waals surface area contributed by atoms with Crippen molar-refractivity contribution < 1.29 is 9.32 Å². The predicted octanol–water partition coefficient (Wildman–Crippen LogP) is 0.588. The lowest BCUT2D eigenvalue weighted by Crippen LogP contribution is -2.36. The van der Waals surface area contributed by atoms with Crippen molar-refractivity contribution in [2.75, 3.05) is 6.54 Å². The quantitative estimate of drug-likeness (QED) is 0.510. The fourth-order valence-electron chi connectivity index (χ4n) is 3.00. The van der Waals surface area contributed by atoms with Gasteiger partial charge in [-0.3, -0.25) is 18.7 Å². The summed E-state index contributed by atoms with van der Waals surface area (Å²) in [6.07, 6.45) is 0.348. The fraction of sp³-hybridized carbons (Fsp3) is 0.211. The fourth-order valence-corrected chi connectivity index (χ4v) is 3.00. The Kier molecular flexibility index (Phi) is 4.59. The zero-order valence-electron chi connectivity index (χ0n) is 15.8. The van der Waals surface area contributed by atoms with Crippen LogP contribution in [-0.2, 0) is 20.5 Å². The first-order valence-electron chi connectivity index (χ1n) is 8.90. The van der Waals surface area contributed by atoms with E-state index in [1.807, 2.05) is 30.3 Å². The maximum absolute atomic E-state index is 12.3. The molecule has 0 fully saturated rings. The van der Waals surface area contributed by atoms with Crippen LogP contribution in [0.25, 0.3) is 22.5 Å². The Bertz CT molecular complexity index is 1310. The van der Waals surface area contributed by atoms with Gasteiger partial charge in [0.05, 0.1) is 0 Å². The minimum Gasteiger partial charge on any atom is -0.355 e. The van der Waals surface area contributed by atoms with Gasteiger partial charge in [-0.2, -0.15) is 0 Å². The molecule has 0 saturated heterocycles. The summed E-state index contributed by atoms with van der Waals surface area (Å²) in [5.41, 5.74) is 0.637. The van der Waals surface area contributed by atoms with Crippen LogP contribution in [-0.4, -0.2) is 36.7 Å². The average Bonchev–Trinajstić information content (AvgIpc) is 3.39. The molecule has 3 heterocycles. The molecule has 0 aliphatic heterocycles. The van der Waals surface area contributed by atoms with Gasteiger partial charge in [0.2, 0.25) is 0 Å². The summed E-state index contributed by atoms with van der Waals surface area (Å²) in [4.78, 5) is 43.7. The second-order valence-corrected chi connectivity index (χ2v) is 6.54. The van der Waals surface area contributed by atoms with E-state index >= 15 is 0 Å². The van der Waals surface area contributed by atoms with E-state index in [2.05, 4.69) is 20.4 Å². The number of nitrogens with one attached hydrogen (secondary N) is 2. The van der Waals surface area contributed by atoms with Crippen LogP contribution < -0.4 is 16.6 Å². The van der Waals surface area contributed by atoms with Crippen molar-refractivity contribution in [2.24, 2.45) is 14.1 Å². The minimum absolute atomic E-state index is 0.171. The third-order valence-corrected chi connectivity index (χ3v) is 4.59. The van der Waals surface area contributed by atoms with Gasteiger partial charge in [0.15, 0.2) is 17.1 Å². The van der Waals surface area contributed by atoms with Crippen LogP contribution in [0.2, 0.25) is 0 Å². The molecule has 0 aliphatic rings. The van der Waals surface area contributed by atoms with Crippen LogP contribution in [0.15, 0.2) is 50.5 Å². The number of nitrogens with zero attached hydrogens (tertiary/aromatic N) is 4. The number of benzene rings is 1. The van der Waals surface area contributed by atoms with Gasteiger partial charge >= 0.3 is 5.69 Å². The van der Waals surface area contributed by atoms with Crippen LogP contribution in [0.4, 0.5) is 0 Å². The van der Waals surface area contributed by atoms with E-state index in [0.717, 1.165) is 10.1 Å². The van der Waals surface area contributed by atoms with Gasteiger partial charge < -0.3 is 14.8 Å². The van der Waals surface area contributed by atoms with Gasteiger partial charge in [-0.15, -0.1) is 0 Å². The number of hydrogen-bond acceptors (Lipinski definition) is 6. The Balaban J connectivity index is 1.44. The van der Waals surface area contributed by atoms with Gasteiger partial charge in [-0.25, -0.2) is 9.78 Å². The number of amides is 1. The lowest BCUT2D eigenvalue weighted by Gasteiger charge is -2.00. The molecule has 10 heteroatoms. The van der Waals surface area contributed by atoms with Gasteiger partial charge in [0.1, 0.15) is 11.3 Å². The zero-order chi connectivity index (χ0) is 20.5. The number of imidazole rings is 1. The number of hydrogen-bond donors (Lipinski definition) is 2. The molecule has 10 nitrogen and oxygen atoms in total. The zero-order valence-corrected chi connectivity index (χ0v) is 15.8. The van der Waals surface area contributed by atoms with Crippen molar-refractivity contribution in [1.82, 2.24) is 29.6 Å². The summed E-state index contributed by atoms with van der Waals surface area (Å²) in [6.45, 7) is 0.264. The highest BCUT2D eigenvalue weighted by atomic mass is 16.5. The van der Waals surface area contributed by atoms with Gasteiger partial charge in [0, 0.05) is 38.7 Å². The van der Waals surface area contributed by atoms with E-state index in [-0.39, 0.29) is 29.3 Å². The molecule has 148 valence electrons. The van der Waals surface area contributed by atoms with E-state index in [1.54, 1.807) is 13.1 Å². The maximum atomic E-state index is 12.3. The SMILES string of the molecule is Cn1c(=O)c2[nH]c(CCNC(=O)c3cc(-c4ccccc4)on3)nc2n(C)c1=O. The highest BCUT2D eigenvalue weighted by molar-refractivity contribution is 5.93. The normalized spacial score (nSPS) is 11.1. The molecule has 1 amide bonds. The van der Waals surface area contributed by atoms with Crippen LogP contribution in [0, 0.1) is 0 Å². The molecule has 1 aromatic carbocycles. The van der Waals surface area contributed by atoms with Crippen LogP contribution >= 0.6 is 0 Å². The van der Waals surface area contributed by atoms with Crippen molar-refractivity contribution in [1.29, 1.82) is 0 Å². The standard InChI is InChI=1S/C19H18N6O4/c1-24-16-15(18(27)25(2)19(24)28)21-14(22-16)8-9-20-17(26)12-10-13(29-23-12)11-6-4-3-5-7-11/h3-7,10H,8-9H2,1-2H3,(H,20,26)(H,21,22). The summed E-state index contributed by atoms with van der Waals surface area (Å²) < 4.78 is 7.54. The third-order valence-electron chi connectivity index (χ3n) is 4.59. The molecule has 0 aliphatic carbocycles. The number of aromatic amines is 1. The number of aryl methyl sites for hydroxylation is 1. The van der Waals surface area contributed by atoms with Crippen molar-refractivity contribution in [3.63, 3.8) is 0 Å². The molecule has 3 aromatic heterocycles. The first-order valence-corrected chi connectivity index (χ1v) is 8.90. The molecular weight excluding hydrogens is 376 g/mol. The van der Waals surface area contributed by atoms with Crippen LogP contribution in [0.1, 0.15) is 16.3 Å². The number of rotatable bonds is 5. The molecule has 29 heavy (non-hydrogen) atoms. The van der Waals surface area contributed by atoms with Crippen molar-refractivity contribution in [2.45, 2.75) is 6.42 Å². The number of H-pyrrole nitrogens is 1. The molecule has 4 aromatic rings.